The quantitative estimate of drug-likeness (QED) is 0.809. The van der Waals surface area contributed by atoms with Crippen LogP contribution in [0.25, 0.3) is 11.4 Å². The molecule has 0 aliphatic rings. The molecular weight excluding hydrogens is 196 g/mol. The Kier molecular flexibility index (Phi) is 2.35. The molecule has 2 aromatic heterocycles. The zero-order valence-corrected chi connectivity index (χ0v) is 9.01. The molecule has 0 spiro atoms. The summed E-state index contributed by atoms with van der Waals surface area (Å²) in [6.45, 7) is 2.52. The fraction of sp³-hybridized carbons (Fsp3) is 0.333. The molecule has 0 aliphatic carbocycles. The van der Waals surface area contributed by atoms with Crippen LogP contribution in [0.2, 0.25) is 0 Å². The molecule has 2 N–H and O–H groups in total. The van der Waals surface area contributed by atoms with Crippen LogP contribution in [0, 0.1) is 6.92 Å². The predicted octanol–water partition coefficient (Wildman–Crippen LogP) is 1.31. The molecule has 5 heteroatoms. The maximum Gasteiger partial charge on any atom is 0.164 e. The van der Waals surface area contributed by atoms with Gasteiger partial charge in [0.25, 0.3) is 0 Å². The van der Waals surface area contributed by atoms with E-state index in [4.69, 9.17) is 5.73 Å². The first-order valence-electron chi connectivity index (χ1n) is 4.36. The average Bonchev–Trinajstić information content (AvgIpc) is 2.75. The van der Waals surface area contributed by atoms with Gasteiger partial charge in [0, 0.05) is 29.4 Å². The van der Waals surface area contributed by atoms with Gasteiger partial charge in [-0.05, 0) is 13.0 Å². The number of hydrogen-bond acceptors (Lipinski definition) is 4. The number of rotatable bonds is 2. The predicted molar refractivity (Wildman–Crippen MR) is 56.9 cm³/mol. The summed E-state index contributed by atoms with van der Waals surface area (Å²) >= 11 is 1.66. The Morgan fingerprint density at radius 2 is 2.29 bits per heavy atom. The molecule has 0 aliphatic heterocycles. The third-order valence-electron chi connectivity index (χ3n) is 2.21. The van der Waals surface area contributed by atoms with E-state index >= 15 is 0 Å². The minimum atomic E-state index is 0.585. The molecule has 14 heavy (non-hydrogen) atoms. The van der Waals surface area contributed by atoms with Crippen molar-refractivity contribution in [3.05, 3.63) is 22.1 Å². The van der Waals surface area contributed by atoms with Gasteiger partial charge >= 0.3 is 0 Å². The van der Waals surface area contributed by atoms with E-state index in [0.29, 0.717) is 6.54 Å². The maximum absolute atomic E-state index is 5.55. The van der Waals surface area contributed by atoms with Crippen LogP contribution in [0.5, 0.6) is 0 Å². The van der Waals surface area contributed by atoms with E-state index in [0.717, 1.165) is 17.2 Å². The number of nitrogens with zero attached hydrogens (tertiary/aromatic N) is 3. The fourth-order valence-corrected chi connectivity index (χ4v) is 2.01. The van der Waals surface area contributed by atoms with E-state index in [2.05, 4.69) is 21.6 Å². The van der Waals surface area contributed by atoms with Gasteiger partial charge < -0.3 is 10.3 Å². The van der Waals surface area contributed by atoms with Crippen molar-refractivity contribution < 1.29 is 0 Å². The Morgan fingerprint density at radius 3 is 2.79 bits per heavy atom. The Balaban J connectivity index is 2.44. The van der Waals surface area contributed by atoms with E-state index in [1.54, 1.807) is 11.3 Å². The normalized spacial score (nSPS) is 10.8. The Hall–Kier alpha value is -1.20. The molecule has 2 aromatic rings. The molecule has 0 saturated carbocycles. The third-order valence-corrected chi connectivity index (χ3v) is 3.16. The van der Waals surface area contributed by atoms with Crippen LogP contribution >= 0.6 is 11.3 Å². The standard InChI is InChI=1S/C9H12N4S/c1-6-11-12-9(13(6)2)7-3-8(4-10)14-5-7/h3,5H,4,10H2,1-2H3. The number of aromatic nitrogens is 3. The number of nitrogens with two attached hydrogens (primary N) is 1. The molecule has 0 bridgehead atoms. The van der Waals surface area contributed by atoms with Crippen molar-refractivity contribution in [2.24, 2.45) is 12.8 Å². The molecule has 0 amide bonds. The molecule has 2 rings (SSSR count). The Morgan fingerprint density at radius 1 is 1.50 bits per heavy atom. The van der Waals surface area contributed by atoms with E-state index in [-0.39, 0.29) is 0 Å². The van der Waals surface area contributed by atoms with E-state index in [1.807, 2.05) is 18.5 Å². The van der Waals surface area contributed by atoms with Gasteiger partial charge in [-0.15, -0.1) is 21.5 Å². The lowest BCUT2D eigenvalue weighted by Gasteiger charge is -1.97. The summed E-state index contributed by atoms with van der Waals surface area (Å²) in [7, 11) is 1.96. The smallest absolute Gasteiger partial charge is 0.164 e. The maximum atomic E-state index is 5.55. The van der Waals surface area contributed by atoms with Crippen molar-refractivity contribution >= 4 is 11.3 Å². The van der Waals surface area contributed by atoms with Crippen LogP contribution < -0.4 is 5.73 Å². The van der Waals surface area contributed by atoms with Gasteiger partial charge in [-0.2, -0.15) is 0 Å². The van der Waals surface area contributed by atoms with Crippen molar-refractivity contribution in [1.29, 1.82) is 0 Å². The van der Waals surface area contributed by atoms with Crippen molar-refractivity contribution in [2.75, 3.05) is 0 Å². The lowest BCUT2D eigenvalue weighted by atomic mass is 10.3. The van der Waals surface area contributed by atoms with Gasteiger partial charge in [-0.25, -0.2) is 0 Å². The molecule has 0 fully saturated rings. The molecule has 74 valence electrons. The van der Waals surface area contributed by atoms with E-state index in [1.165, 1.54) is 4.88 Å². The van der Waals surface area contributed by atoms with Crippen molar-refractivity contribution in [3.63, 3.8) is 0 Å². The molecule has 0 aromatic carbocycles. The van der Waals surface area contributed by atoms with Gasteiger partial charge in [0.15, 0.2) is 5.82 Å². The average molecular weight is 208 g/mol. The van der Waals surface area contributed by atoms with Crippen LogP contribution in [0.4, 0.5) is 0 Å². The number of hydrogen-bond donors (Lipinski definition) is 1. The highest BCUT2D eigenvalue weighted by molar-refractivity contribution is 7.10. The number of thiophene rings is 1. The van der Waals surface area contributed by atoms with Crippen molar-refractivity contribution in [1.82, 2.24) is 14.8 Å². The Bertz CT molecular complexity index is 443. The van der Waals surface area contributed by atoms with Gasteiger partial charge in [0.1, 0.15) is 5.82 Å². The monoisotopic (exact) mass is 208 g/mol. The summed E-state index contributed by atoms with van der Waals surface area (Å²) in [6, 6.07) is 2.06. The minimum absolute atomic E-state index is 0.585. The summed E-state index contributed by atoms with van der Waals surface area (Å²) in [5, 5.41) is 10.2. The van der Waals surface area contributed by atoms with Crippen LogP contribution in [0.3, 0.4) is 0 Å². The molecule has 0 atom stereocenters. The van der Waals surface area contributed by atoms with E-state index in [9.17, 15) is 0 Å². The highest BCUT2D eigenvalue weighted by Gasteiger charge is 2.09. The minimum Gasteiger partial charge on any atom is -0.326 e. The van der Waals surface area contributed by atoms with Crippen molar-refractivity contribution in [2.45, 2.75) is 13.5 Å². The van der Waals surface area contributed by atoms with Crippen LogP contribution in [0.15, 0.2) is 11.4 Å². The second-order valence-electron chi connectivity index (χ2n) is 3.14. The molecule has 0 saturated heterocycles. The van der Waals surface area contributed by atoms with Crippen LogP contribution in [-0.4, -0.2) is 14.8 Å². The first kappa shape index (κ1) is 9.36. The summed E-state index contributed by atoms with van der Waals surface area (Å²) in [5.74, 6) is 1.82. The SMILES string of the molecule is Cc1nnc(-c2csc(CN)c2)n1C. The van der Waals surface area contributed by atoms with Gasteiger partial charge in [0.2, 0.25) is 0 Å². The van der Waals surface area contributed by atoms with Gasteiger partial charge in [0.05, 0.1) is 0 Å². The fourth-order valence-electron chi connectivity index (χ4n) is 1.26. The van der Waals surface area contributed by atoms with E-state index < -0.39 is 0 Å². The zero-order chi connectivity index (χ0) is 10.1. The molecular formula is C9H12N4S. The topological polar surface area (TPSA) is 56.7 Å². The molecule has 0 unspecified atom stereocenters. The highest BCUT2D eigenvalue weighted by atomic mass is 32.1. The first-order chi connectivity index (χ1) is 6.72. The highest BCUT2D eigenvalue weighted by Crippen LogP contribution is 2.23. The largest absolute Gasteiger partial charge is 0.326 e. The number of aryl methyl sites for hydroxylation is 1. The third kappa shape index (κ3) is 1.44. The first-order valence-corrected chi connectivity index (χ1v) is 5.24. The summed E-state index contributed by atoms with van der Waals surface area (Å²) in [5.41, 5.74) is 6.65. The molecule has 0 radical (unpaired) electrons. The second-order valence-corrected chi connectivity index (χ2v) is 4.13. The van der Waals surface area contributed by atoms with Crippen molar-refractivity contribution in [3.8, 4) is 11.4 Å². The van der Waals surface area contributed by atoms with Crippen LogP contribution in [0.1, 0.15) is 10.7 Å². The molecule has 4 nitrogen and oxygen atoms in total. The lowest BCUT2D eigenvalue weighted by Crippen LogP contribution is -1.94. The van der Waals surface area contributed by atoms with Gasteiger partial charge in [-0.3, -0.25) is 0 Å². The summed E-state index contributed by atoms with van der Waals surface area (Å²) in [4.78, 5) is 1.17. The zero-order valence-electron chi connectivity index (χ0n) is 8.19. The lowest BCUT2D eigenvalue weighted by molar-refractivity contribution is 0.865. The van der Waals surface area contributed by atoms with Crippen LogP contribution in [-0.2, 0) is 13.6 Å². The summed E-state index contributed by atoms with van der Waals surface area (Å²) < 4.78 is 1.97. The molecule has 2 heterocycles. The second kappa shape index (κ2) is 3.51. The summed E-state index contributed by atoms with van der Waals surface area (Å²) in [6.07, 6.45) is 0. The van der Waals surface area contributed by atoms with Gasteiger partial charge in [-0.1, -0.05) is 0 Å². The Labute approximate surface area is 86.4 Å².